The summed E-state index contributed by atoms with van der Waals surface area (Å²) in [7, 11) is 1.52. The maximum atomic E-state index is 13.3. The number of rotatable bonds is 14. The van der Waals surface area contributed by atoms with Gasteiger partial charge >= 0.3 is 0 Å². The van der Waals surface area contributed by atoms with Crippen LogP contribution in [0.2, 0.25) is 0 Å². The fourth-order valence-corrected chi connectivity index (χ4v) is 4.04. The molecule has 0 saturated heterocycles. The van der Waals surface area contributed by atoms with Crippen molar-refractivity contribution in [3.8, 4) is 0 Å². The fourth-order valence-electron chi connectivity index (χ4n) is 4.04. The predicted molar refractivity (Wildman–Crippen MR) is 132 cm³/mol. The van der Waals surface area contributed by atoms with E-state index in [1.165, 1.54) is 31.2 Å². The van der Waals surface area contributed by atoms with Crippen LogP contribution in [0.25, 0.3) is 5.70 Å². The first-order chi connectivity index (χ1) is 15.7. The van der Waals surface area contributed by atoms with Crippen LogP contribution in [0.5, 0.6) is 0 Å². The number of benzene rings is 1. The van der Waals surface area contributed by atoms with Gasteiger partial charge in [0.05, 0.1) is 12.2 Å². The van der Waals surface area contributed by atoms with Gasteiger partial charge in [0.25, 0.3) is 5.91 Å². The van der Waals surface area contributed by atoms with Gasteiger partial charge in [-0.3, -0.25) is 14.5 Å². The van der Waals surface area contributed by atoms with Crippen LogP contribution in [0, 0.1) is 5.41 Å². The Kier molecular flexibility index (Phi) is 10.1. The van der Waals surface area contributed by atoms with Gasteiger partial charge in [-0.25, -0.2) is 0 Å². The molecule has 2 amide bonds. The van der Waals surface area contributed by atoms with Crippen LogP contribution < -0.4 is 10.6 Å². The lowest BCUT2D eigenvalue weighted by atomic mass is 9.89. The van der Waals surface area contributed by atoms with Crippen molar-refractivity contribution in [2.45, 2.75) is 65.3 Å². The fraction of sp³-hybridized carbons (Fsp3) is 0.577. The maximum absolute atomic E-state index is 13.3. The van der Waals surface area contributed by atoms with Crippen molar-refractivity contribution >= 4 is 29.5 Å². The zero-order valence-electron chi connectivity index (χ0n) is 20.5. The predicted octanol–water partition coefficient (Wildman–Crippen LogP) is 4.24. The lowest BCUT2D eigenvalue weighted by molar-refractivity contribution is -0.124. The number of hydrogen-bond acceptors (Lipinski definition) is 5. The van der Waals surface area contributed by atoms with E-state index >= 15 is 0 Å². The summed E-state index contributed by atoms with van der Waals surface area (Å²) in [6.45, 7) is 12.7. The summed E-state index contributed by atoms with van der Waals surface area (Å²) >= 11 is 0. The highest BCUT2D eigenvalue weighted by Gasteiger charge is 2.40. The molecule has 2 N–H and O–H groups in total. The summed E-state index contributed by atoms with van der Waals surface area (Å²) in [5.74, 6) is -0.595. The minimum Gasteiger partial charge on any atom is -0.382 e. The van der Waals surface area contributed by atoms with Gasteiger partial charge in [-0.2, -0.15) is 0 Å². The summed E-state index contributed by atoms with van der Waals surface area (Å²) in [4.78, 5) is 38.0. The van der Waals surface area contributed by atoms with Gasteiger partial charge in [-0.05, 0) is 30.7 Å². The molecule has 1 unspecified atom stereocenters. The van der Waals surface area contributed by atoms with Gasteiger partial charge < -0.3 is 20.2 Å². The zero-order chi connectivity index (χ0) is 24.4. The lowest BCUT2D eigenvalue weighted by Gasteiger charge is -2.27. The molecular weight excluding hydrogens is 418 g/mol. The summed E-state index contributed by atoms with van der Waals surface area (Å²) in [6, 6.07) is 4.76. The normalized spacial score (nSPS) is 14.2. The third-order valence-electron chi connectivity index (χ3n) is 5.79. The lowest BCUT2D eigenvalue weighted by Crippen LogP contribution is -2.45. The van der Waals surface area contributed by atoms with Gasteiger partial charge in [-0.15, -0.1) is 0 Å². The van der Waals surface area contributed by atoms with Gasteiger partial charge in [0.1, 0.15) is 12.3 Å². The van der Waals surface area contributed by atoms with Crippen LogP contribution in [-0.4, -0.2) is 55.8 Å². The standard InChI is InChI=1S/C26H39N3O4/c1-19-20-11-9-12-21(28-15-18-33-17-8-6-7-14-26(2,3)4)23(20)25(32)29(19)22(13-10-16-30)24(31)27-5/h9,11-12,16,22,28H,1,6-8,10,13-15,17-18H2,2-5H3,(H,27,31). The Bertz CT molecular complexity index is 844. The van der Waals surface area contributed by atoms with Crippen LogP contribution >= 0.6 is 0 Å². The SMILES string of the molecule is C=C1c2cccc(NCCOCCCCCC(C)(C)C)c2C(=O)N1C(CCC=O)C(=O)NC. The molecule has 0 radical (unpaired) electrons. The highest BCUT2D eigenvalue weighted by atomic mass is 16.5. The molecule has 0 spiro atoms. The van der Waals surface area contributed by atoms with Crippen molar-refractivity contribution in [3.63, 3.8) is 0 Å². The summed E-state index contributed by atoms with van der Waals surface area (Å²) in [5.41, 5.74) is 2.76. The Labute approximate surface area is 197 Å². The topological polar surface area (TPSA) is 87.7 Å². The number of nitrogens with one attached hydrogen (secondary N) is 2. The molecule has 7 heteroatoms. The van der Waals surface area contributed by atoms with Crippen molar-refractivity contribution in [1.82, 2.24) is 10.2 Å². The molecule has 2 rings (SSSR count). The Morgan fingerprint density at radius 3 is 2.64 bits per heavy atom. The van der Waals surface area contributed by atoms with Crippen molar-refractivity contribution < 1.29 is 19.1 Å². The number of carbonyl (C=O) groups excluding carboxylic acids is 3. The first-order valence-corrected chi connectivity index (χ1v) is 11.8. The van der Waals surface area contributed by atoms with Gasteiger partial charge in [0.2, 0.25) is 5.91 Å². The number of fused-ring (bicyclic) bond motifs is 1. The molecule has 1 aliphatic heterocycles. The number of ether oxygens (including phenoxy) is 1. The minimum atomic E-state index is -0.776. The van der Waals surface area contributed by atoms with E-state index in [4.69, 9.17) is 4.74 Å². The van der Waals surface area contributed by atoms with E-state index < -0.39 is 6.04 Å². The number of nitrogens with zero attached hydrogens (tertiary/aromatic N) is 1. The number of amides is 2. The average Bonchev–Trinajstić information content (AvgIpc) is 3.03. The molecule has 0 aromatic heterocycles. The van der Waals surface area contributed by atoms with Gasteiger partial charge in [0.15, 0.2) is 0 Å². The minimum absolute atomic E-state index is 0.185. The molecule has 1 atom stereocenters. The zero-order valence-corrected chi connectivity index (χ0v) is 20.5. The molecule has 33 heavy (non-hydrogen) atoms. The Morgan fingerprint density at radius 2 is 1.97 bits per heavy atom. The monoisotopic (exact) mass is 457 g/mol. The number of likely N-dealkylation sites (N-methyl/N-ethyl adjacent to an activating group) is 1. The average molecular weight is 458 g/mol. The van der Waals surface area contributed by atoms with Gasteiger partial charge in [0, 0.05) is 43.6 Å². The highest BCUT2D eigenvalue weighted by molar-refractivity contribution is 6.14. The molecule has 1 aliphatic rings. The number of anilines is 1. The molecule has 0 saturated carbocycles. The number of carbonyl (C=O) groups is 3. The Morgan fingerprint density at radius 1 is 1.21 bits per heavy atom. The molecule has 7 nitrogen and oxygen atoms in total. The van der Waals surface area contributed by atoms with E-state index in [-0.39, 0.29) is 24.7 Å². The maximum Gasteiger partial charge on any atom is 0.261 e. The molecule has 0 fully saturated rings. The molecule has 1 heterocycles. The number of hydrogen-bond donors (Lipinski definition) is 2. The van der Waals surface area contributed by atoms with Crippen LogP contribution in [0.4, 0.5) is 5.69 Å². The second kappa shape index (κ2) is 12.5. The van der Waals surface area contributed by atoms with Crippen LogP contribution in [0.3, 0.4) is 0 Å². The highest BCUT2D eigenvalue weighted by Crippen LogP contribution is 2.38. The summed E-state index contributed by atoms with van der Waals surface area (Å²) in [6.07, 6.45) is 5.83. The molecule has 0 aliphatic carbocycles. The molecule has 1 aromatic rings. The molecule has 0 bridgehead atoms. The Hall–Kier alpha value is -2.67. The van der Waals surface area contributed by atoms with E-state index in [0.29, 0.717) is 41.1 Å². The first-order valence-electron chi connectivity index (χ1n) is 11.8. The second-order valence-corrected chi connectivity index (χ2v) is 9.63. The van der Waals surface area contributed by atoms with Crippen LogP contribution in [0.15, 0.2) is 24.8 Å². The van der Waals surface area contributed by atoms with Crippen molar-refractivity contribution in [2.24, 2.45) is 5.41 Å². The smallest absolute Gasteiger partial charge is 0.261 e. The van der Waals surface area contributed by atoms with E-state index in [9.17, 15) is 14.4 Å². The Balaban J connectivity index is 1.92. The molecule has 1 aromatic carbocycles. The summed E-state index contributed by atoms with van der Waals surface area (Å²) < 4.78 is 5.74. The van der Waals surface area contributed by atoms with Gasteiger partial charge in [-0.1, -0.05) is 52.3 Å². The quantitative estimate of drug-likeness (QED) is 0.322. The first kappa shape index (κ1) is 26.6. The number of unbranched alkanes of at least 4 members (excludes halogenated alkanes) is 2. The van der Waals surface area contributed by atoms with Crippen LogP contribution in [-0.2, 0) is 14.3 Å². The van der Waals surface area contributed by atoms with E-state index in [0.717, 1.165) is 19.3 Å². The van der Waals surface area contributed by atoms with E-state index in [1.807, 2.05) is 18.2 Å². The van der Waals surface area contributed by atoms with Crippen molar-refractivity contribution in [1.29, 1.82) is 0 Å². The largest absolute Gasteiger partial charge is 0.382 e. The molecule has 182 valence electrons. The number of aldehydes is 1. The second-order valence-electron chi connectivity index (χ2n) is 9.63. The van der Waals surface area contributed by atoms with Crippen molar-refractivity contribution in [3.05, 3.63) is 35.9 Å². The molecular formula is C26H39N3O4. The van der Waals surface area contributed by atoms with Crippen molar-refractivity contribution in [2.75, 3.05) is 32.1 Å². The third kappa shape index (κ3) is 7.42. The third-order valence-corrected chi connectivity index (χ3v) is 5.79. The van der Waals surface area contributed by atoms with Crippen LogP contribution in [0.1, 0.15) is 75.2 Å². The van der Waals surface area contributed by atoms with E-state index in [1.54, 1.807) is 0 Å². The van der Waals surface area contributed by atoms with E-state index in [2.05, 4.69) is 38.0 Å². The summed E-state index contributed by atoms with van der Waals surface area (Å²) in [5, 5.41) is 5.88.